The van der Waals surface area contributed by atoms with Gasteiger partial charge in [-0.25, -0.2) is 0 Å². The van der Waals surface area contributed by atoms with Crippen molar-refractivity contribution < 1.29 is 0 Å². The molecule has 0 spiro atoms. The van der Waals surface area contributed by atoms with Crippen LogP contribution in [-0.4, -0.2) is 24.7 Å². The van der Waals surface area contributed by atoms with Gasteiger partial charge in [0.25, 0.3) is 0 Å². The molecule has 1 aliphatic heterocycles. The van der Waals surface area contributed by atoms with Gasteiger partial charge in [-0.15, -0.1) is 0 Å². The number of hydrogen-bond acceptors (Lipinski definition) is 3. The van der Waals surface area contributed by atoms with E-state index in [4.69, 9.17) is 16.6 Å². The van der Waals surface area contributed by atoms with Crippen LogP contribution in [0.3, 0.4) is 0 Å². The summed E-state index contributed by atoms with van der Waals surface area (Å²) in [5.74, 6) is 0. The molecule has 1 aliphatic rings. The second kappa shape index (κ2) is 10.4. The van der Waals surface area contributed by atoms with Crippen LogP contribution in [0.4, 0.5) is 0 Å². The molecule has 0 fully saturated rings. The highest BCUT2D eigenvalue weighted by Gasteiger charge is 2.25. The fourth-order valence-corrected chi connectivity index (χ4v) is 4.26. The molecule has 1 atom stereocenters. The summed E-state index contributed by atoms with van der Waals surface area (Å²) in [7, 11) is 4.01. The number of hydrogen-bond donors (Lipinski definition) is 1. The van der Waals surface area contributed by atoms with Gasteiger partial charge in [0.05, 0.1) is 5.71 Å². The molecule has 166 valence electrons. The summed E-state index contributed by atoms with van der Waals surface area (Å²) >= 11 is 6.60. The Kier molecular flexibility index (Phi) is 7.11. The molecule has 3 nitrogen and oxygen atoms in total. The maximum absolute atomic E-state index is 6.60. The van der Waals surface area contributed by atoms with Crippen LogP contribution in [0.5, 0.6) is 0 Å². The molecule has 0 bridgehead atoms. The molecule has 4 rings (SSSR count). The Hall–Kier alpha value is -3.56. The number of allylic oxidation sites excluding steroid dienone is 4. The van der Waals surface area contributed by atoms with Crippen LogP contribution in [0, 0.1) is 0 Å². The standard InChI is InChI=1S/C29H28ClN3/c1-4-5-16-26(31-2)23-17-24(19-25(30)18-23)29-32-27(21-12-8-6-9-13-21)20-28(33(29)3)22-14-10-7-11-15-22/h4-20,29,31H,1-3H3/b5-4-,26-16-. The number of rotatable bonds is 6. The van der Waals surface area contributed by atoms with Gasteiger partial charge in [-0.2, -0.15) is 0 Å². The number of aliphatic imine (C=N–C) groups is 1. The number of halogens is 1. The van der Waals surface area contributed by atoms with E-state index in [1.165, 1.54) is 0 Å². The molecule has 1 heterocycles. The van der Waals surface area contributed by atoms with Crippen LogP contribution < -0.4 is 5.32 Å². The van der Waals surface area contributed by atoms with Gasteiger partial charge in [0, 0.05) is 30.5 Å². The zero-order valence-corrected chi connectivity index (χ0v) is 19.9. The fourth-order valence-electron chi connectivity index (χ4n) is 4.01. The van der Waals surface area contributed by atoms with Crippen molar-refractivity contribution in [3.05, 3.63) is 130 Å². The average molecular weight is 454 g/mol. The van der Waals surface area contributed by atoms with Crippen LogP contribution in [0.2, 0.25) is 5.02 Å². The molecule has 0 aliphatic carbocycles. The highest BCUT2D eigenvalue weighted by atomic mass is 35.5. The molecule has 3 aromatic rings. The largest absolute Gasteiger partial charge is 0.388 e. The Morgan fingerprint density at radius 2 is 1.64 bits per heavy atom. The SMILES string of the molecule is C/C=C\C=C(/NC)c1cc(Cl)cc(C2N=C(c3ccccc3)C=C(c3ccccc3)N2C)c1. The van der Waals surface area contributed by atoms with Crippen molar-refractivity contribution in [3.8, 4) is 0 Å². The maximum atomic E-state index is 6.60. The van der Waals surface area contributed by atoms with Crippen LogP contribution in [0.25, 0.3) is 11.4 Å². The number of benzene rings is 3. The topological polar surface area (TPSA) is 27.6 Å². The van der Waals surface area contributed by atoms with Crippen molar-refractivity contribution in [1.29, 1.82) is 0 Å². The first kappa shape index (κ1) is 22.6. The zero-order valence-electron chi connectivity index (χ0n) is 19.2. The van der Waals surface area contributed by atoms with Gasteiger partial charge in [0.15, 0.2) is 0 Å². The highest BCUT2D eigenvalue weighted by Crippen LogP contribution is 2.36. The Morgan fingerprint density at radius 3 is 2.27 bits per heavy atom. The normalized spacial score (nSPS) is 16.5. The molecule has 0 aromatic heterocycles. The van der Waals surface area contributed by atoms with E-state index in [-0.39, 0.29) is 6.17 Å². The Balaban J connectivity index is 1.84. The summed E-state index contributed by atoms with van der Waals surface area (Å²) in [5, 5.41) is 3.97. The molecule has 0 amide bonds. The third kappa shape index (κ3) is 5.10. The lowest BCUT2D eigenvalue weighted by Crippen LogP contribution is -2.27. The molecular formula is C29H28ClN3. The van der Waals surface area contributed by atoms with Crippen molar-refractivity contribution in [2.75, 3.05) is 14.1 Å². The molecule has 0 radical (unpaired) electrons. The van der Waals surface area contributed by atoms with E-state index in [0.29, 0.717) is 5.02 Å². The van der Waals surface area contributed by atoms with Crippen molar-refractivity contribution >= 4 is 28.7 Å². The van der Waals surface area contributed by atoms with E-state index >= 15 is 0 Å². The van der Waals surface area contributed by atoms with E-state index in [0.717, 1.165) is 39.4 Å². The molecule has 0 saturated heterocycles. The second-order valence-electron chi connectivity index (χ2n) is 7.89. The third-order valence-electron chi connectivity index (χ3n) is 5.67. The first-order valence-corrected chi connectivity index (χ1v) is 11.4. The van der Waals surface area contributed by atoms with Gasteiger partial charge < -0.3 is 10.2 Å². The maximum Gasteiger partial charge on any atom is 0.147 e. The van der Waals surface area contributed by atoms with Crippen LogP contribution in [-0.2, 0) is 0 Å². The van der Waals surface area contributed by atoms with Crippen molar-refractivity contribution in [2.24, 2.45) is 4.99 Å². The van der Waals surface area contributed by atoms with Gasteiger partial charge in [0.1, 0.15) is 6.17 Å². The summed E-state index contributed by atoms with van der Waals surface area (Å²) in [6.07, 6.45) is 8.02. The molecule has 0 saturated carbocycles. The predicted molar refractivity (Wildman–Crippen MR) is 141 cm³/mol. The van der Waals surface area contributed by atoms with Crippen LogP contribution in [0.1, 0.15) is 35.3 Å². The summed E-state index contributed by atoms with van der Waals surface area (Å²) in [6.45, 7) is 2.00. The minimum atomic E-state index is -0.210. The summed E-state index contributed by atoms with van der Waals surface area (Å²) < 4.78 is 0. The number of nitrogens with one attached hydrogen (secondary N) is 1. The lowest BCUT2D eigenvalue weighted by Gasteiger charge is -2.34. The van der Waals surface area contributed by atoms with Crippen molar-refractivity contribution in [2.45, 2.75) is 13.1 Å². The fraction of sp³-hybridized carbons (Fsp3) is 0.138. The minimum Gasteiger partial charge on any atom is -0.388 e. The van der Waals surface area contributed by atoms with Gasteiger partial charge in [-0.1, -0.05) is 84.4 Å². The smallest absolute Gasteiger partial charge is 0.147 e. The molecular weight excluding hydrogens is 426 g/mol. The van der Waals surface area contributed by atoms with Crippen LogP contribution >= 0.6 is 11.6 Å². The summed E-state index contributed by atoms with van der Waals surface area (Å²) in [6, 6.07) is 26.9. The second-order valence-corrected chi connectivity index (χ2v) is 8.33. The first-order chi connectivity index (χ1) is 16.1. The first-order valence-electron chi connectivity index (χ1n) is 11.1. The van der Waals surface area contributed by atoms with Crippen molar-refractivity contribution in [1.82, 2.24) is 10.2 Å². The molecule has 1 unspecified atom stereocenters. The quantitative estimate of drug-likeness (QED) is 0.409. The van der Waals surface area contributed by atoms with Gasteiger partial charge in [-0.3, -0.25) is 4.99 Å². The molecule has 4 heteroatoms. The highest BCUT2D eigenvalue weighted by molar-refractivity contribution is 6.30. The lowest BCUT2D eigenvalue weighted by molar-refractivity contribution is 0.364. The van der Waals surface area contributed by atoms with Crippen molar-refractivity contribution in [3.63, 3.8) is 0 Å². The molecule has 3 aromatic carbocycles. The van der Waals surface area contributed by atoms with Crippen LogP contribution in [0.15, 0.2) is 108 Å². The zero-order chi connectivity index (χ0) is 23.2. The summed E-state index contributed by atoms with van der Waals surface area (Å²) in [5.41, 5.74) is 7.39. The average Bonchev–Trinajstić information content (AvgIpc) is 2.85. The van der Waals surface area contributed by atoms with Gasteiger partial charge in [0.2, 0.25) is 0 Å². The minimum absolute atomic E-state index is 0.210. The predicted octanol–water partition coefficient (Wildman–Crippen LogP) is 6.95. The Labute approximate surface area is 201 Å². The van der Waals surface area contributed by atoms with Gasteiger partial charge >= 0.3 is 0 Å². The summed E-state index contributed by atoms with van der Waals surface area (Å²) in [4.78, 5) is 7.38. The number of nitrogens with zero attached hydrogens (tertiary/aromatic N) is 2. The third-order valence-corrected chi connectivity index (χ3v) is 5.89. The van der Waals surface area contributed by atoms with E-state index in [9.17, 15) is 0 Å². The van der Waals surface area contributed by atoms with E-state index in [2.05, 4.69) is 65.8 Å². The van der Waals surface area contributed by atoms with E-state index in [1.54, 1.807) is 0 Å². The Morgan fingerprint density at radius 1 is 0.970 bits per heavy atom. The van der Waals surface area contributed by atoms with E-state index < -0.39 is 0 Å². The monoisotopic (exact) mass is 453 g/mol. The molecule has 1 N–H and O–H groups in total. The van der Waals surface area contributed by atoms with Gasteiger partial charge in [-0.05, 0) is 59.5 Å². The van der Waals surface area contributed by atoms with E-state index in [1.807, 2.05) is 68.6 Å². The molecule has 33 heavy (non-hydrogen) atoms. The lowest BCUT2D eigenvalue weighted by atomic mass is 9.99. The Bertz CT molecular complexity index is 1220.